The van der Waals surface area contributed by atoms with Gasteiger partial charge in [0.05, 0.1) is 0 Å². The van der Waals surface area contributed by atoms with Gasteiger partial charge in [0.1, 0.15) is 6.04 Å². The highest BCUT2D eigenvalue weighted by atomic mass is 35.5. The highest BCUT2D eigenvalue weighted by Gasteiger charge is 2.31. The summed E-state index contributed by atoms with van der Waals surface area (Å²) in [6, 6.07) is 18.1. The zero-order valence-corrected chi connectivity index (χ0v) is 14.0. The second-order valence-corrected chi connectivity index (χ2v) is 6.64. The molecule has 0 aliphatic heterocycles. The summed E-state index contributed by atoms with van der Waals surface area (Å²) in [7, 11) is 0. The number of benzene rings is 2. The number of quaternary nitrogens is 1. The highest BCUT2D eigenvalue weighted by Crippen LogP contribution is 2.21. The SMILES string of the molecule is C[C@H]([NH2+][C@H](C(=O)NC1CC1)c1ccccc1)c1ccc(Cl)cc1. The van der Waals surface area contributed by atoms with Crippen LogP contribution in [0.5, 0.6) is 0 Å². The van der Waals surface area contributed by atoms with E-state index in [1.807, 2.05) is 54.6 Å². The summed E-state index contributed by atoms with van der Waals surface area (Å²) >= 11 is 5.96. The van der Waals surface area contributed by atoms with E-state index < -0.39 is 0 Å². The molecule has 2 aromatic rings. The number of nitrogens with one attached hydrogen (secondary N) is 1. The Morgan fingerprint density at radius 3 is 2.35 bits per heavy atom. The molecule has 1 saturated carbocycles. The molecule has 3 rings (SSSR count). The number of nitrogens with two attached hydrogens (primary N) is 1. The van der Waals surface area contributed by atoms with Crippen LogP contribution in [0.25, 0.3) is 0 Å². The predicted molar refractivity (Wildman–Crippen MR) is 92.1 cm³/mol. The molecule has 2 aromatic carbocycles. The van der Waals surface area contributed by atoms with Crippen LogP contribution >= 0.6 is 11.6 Å². The van der Waals surface area contributed by atoms with Crippen LogP contribution in [-0.4, -0.2) is 11.9 Å². The lowest BCUT2D eigenvalue weighted by atomic mass is 10.0. The van der Waals surface area contributed by atoms with Crippen LogP contribution in [0.3, 0.4) is 0 Å². The quantitative estimate of drug-likeness (QED) is 0.841. The van der Waals surface area contributed by atoms with Crippen molar-refractivity contribution in [1.29, 1.82) is 0 Å². The largest absolute Gasteiger partial charge is 0.348 e. The topological polar surface area (TPSA) is 45.7 Å². The van der Waals surface area contributed by atoms with E-state index in [4.69, 9.17) is 11.6 Å². The van der Waals surface area contributed by atoms with Crippen molar-refractivity contribution in [3.8, 4) is 0 Å². The molecule has 1 amide bonds. The number of hydrogen-bond donors (Lipinski definition) is 2. The maximum atomic E-state index is 12.7. The fourth-order valence-corrected chi connectivity index (χ4v) is 2.82. The third kappa shape index (κ3) is 4.34. The summed E-state index contributed by atoms with van der Waals surface area (Å²) < 4.78 is 0. The minimum absolute atomic E-state index is 0.0968. The summed E-state index contributed by atoms with van der Waals surface area (Å²) in [6.45, 7) is 2.11. The smallest absolute Gasteiger partial charge is 0.283 e. The number of hydrogen-bond acceptors (Lipinski definition) is 1. The third-order valence-electron chi connectivity index (χ3n) is 4.24. The number of halogens is 1. The highest BCUT2D eigenvalue weighted by molar-refractivity contribution is 6.30. The molecule has 0 unspecified atom stereocenters. The molecule has 3 nitrogen and oxygen atoms in total. The second kappa shape index (κ2) is 7.16. The molecular weight excluding hydrogens is 308 g/mol. The van der Waals surface area contributed by atoms with Crippen LogP contribution in [0, 0.1) is 0 Å². The van der Waals surface area contributed by atoms with Gasteiger partial charge >= 0.3 is 0 Å². The number of carbonyl (C=O) groups excluding carboxylic acids is 1. The van der Waals surface area contributed by atoms with E-state index in [1.165, 1.54) is 0 Å². The van der Waals surface area contributed by atoms with Crippen LogP contribution in [-0.2, 0) is 4.79 Å². The predicted octanol–water partition coefficient (Wildman–Crippen LogP) is 2.98. The van der Waals surface area contributed by atoms with E-state index in [0.717, 1.165) is 29.0 Å². The van der Waals surface area contributed by atoms with Crippen LogP contribution in [0.15, 0.2) is 54.6 Å². The van der Waals surface area contributed by atoms with E-state index in [1.54, 1.807) is 0 Å². The molecular formula is C19H22ClN2O+. The Morgan fingerprint density at radius 1 is 1.09 bits per heavy atom. The number of carbonyl (C=O) groups is 1. The summed E-state index contributed by atoms with van der Waals surface area (Å²) in [4.78, 5) is 12.7. The first-order valence-corrected chi connectivity index (χ1v) is 8.47. The van der Waals surface area contributed by atoms with Crippen LogP contribution < -0.4 is 10.6 Å². The maximum Gasteiger partial charge on any atom is 0.283 e. The first-order chi connectivity index (χ1) is 11.1. The van der Waals surface area contributed by atoms with E-state index in [2.05, 4.69) is 17.6 Å². The van der Waals surface area contributed by atoms with Crippen molar-refractivity contribution < 1.29 is 10.1 Å². The van der Waals surface area contributed by atoms with E-state index in [9.17, 15) is 4.79 Å². The van der Waals surface area contributed by atoms with Crippen molar-refractivity contribution >= 4 is 17.5 Å². The van der Waals surface area contributed by atoms with Gasteiger partial charge in [-0.2, -0.15) is 0 Å². The molecule has 3 N–H and O–H groups in total. The van der Waals surface area contributed by atoms with Crippen LogP contribution in [0.4, 0.5) is 0 Å². The Kier molecular flexibility index (Phi) is 4.99. The fraction of sp³-hybridized carbons (Fsp3) is 0.316. The Balaban J connectivity index is 1.77. The summed E-state index contributed by atoms with van der Waals surface area (Å²) in [5.41, 5.74) is 2.20. The van der Waals surface area contributed by atoms with Crippen molar-refractivity contribution in [3.05, 3.63) is 70.7 Å². The van der Waals surface area contributed by atoms with E-state index in [0.29, 0.717) is 6.04 Å². The van der Waals surface area contributed by atoms with Gasteiger partial charge in [-0.1, -0.05) is 54.1 Å². The lowest BCUT2D eigenvalue weighted by Crippen LogP contribution is -2.88. The first-order valence-electron chi connectivity index (χ1n) is 8.09. The van der Waals surface area contributed by atoms with Crippen molar-refractivity contribution in [2.75, 3.05) is 0 Å². The monoisotopic (exact) mass is 329 g/mol. The van der Waals surface area contributed by atoms with Gasteiger partial charge in [0.2, 0.25) is 0 Å². The normalized spacial score (nSPS) is 16.6. The minimum Gasteiger partial charge on any atom is -0.348 e. The summed E-state index contributed by atoms with van der Waals surface area (Å²) in [5, 5.41) is 5.98. The third-order valence-corrected chi connectivity index (χ3v) is 4.49. The molecule has 0 heterocycles. The first kappa shape index (κ1) is 16.0. The summed E-state index contributed by atoms with van der Waals surface area (Å²) in [5.74, 6) is 0.0968. The molecule has 120 valence electrons. The maximum absolute atomic E-state index is 12.7. The molecule has 0 aromatic heterocycles. The average molecular weight is 330 g/mol. The lowest BCUT2D eigenvalue weighted by molar-refractivity contribution is -0.719. The Hall–Kier alpha value is -1.84. The zero-order chi connectivity index (χ0) is 16.2. The van der Waals surface area contributed by atoms with Gasteiger partial charge in [0.15, 0.2) is 6.04 Å². The standard InChI is InChI=1S/C19H21ClN2O/c1-13(14-7-9-16(20)10-8-14)21-18(15-5-3-2-4-6-15)19(23)22-17-11-12-17/h2-10,13,17-18,21H,11-12H2,1H3,(H,22,23)/p+1/t13-,18-/m0/s1. The zero-order valence-electron chi connectivity index (χ0n) is 13.2. The molecule has 0 saturated heterocycles. The van der Waals surface area contributed by atoms with Crippen molar-refractivity contribution in [2.24, 2.45) is 0 Å². The van der Waals surface area contributed by atoms with Gasteiger partial charge < -0.3 is 10.6 Å². The van der Waals surface area contributed by atoms with Gasteiger partial charge in [-0.05, 0) is 31.9 Å². The molecule has 4 heteroatoms. The van der Waals surface area contributed by atoms with Crippen molar-refractivity contribution in [3.63, 3.8) is 0 Å². The molecule has 1 aliphatic rings. The van der Waals surface area contributed by atoms with Gasteiger partial charge in [-0.25, -0.2) is 0 Å². The Bertz CT molecular complexity index is 653. The van der Waals surface area contributed by atoms with Gasteiger partial charge in [0.25, 0.3) is 5.91 Å². The molecule has 0 spiro atoms. The molecule has 2 atom stereocenters. The van der Waals surface area contributed by atoms with E-state index in [-0.39, 0.29) is 18.0 Å². The van der Waals surface area contributed by atoms with Gasteiger partial charge in [-0.15, -0.1) is 0 Å². The Labute approximate surface area is 142 Å². The summed E-state index contributed by atoms with van der Waals surface area (Å²) in [6.07, 6.45) is 2.19. The van der Waals surface area contributed by atoms with E-state index >= 15 is 0 Å². The van der Waals surface area contributed by atoms with Crippen molar-refractivity contribution in [1.82, 2.24) is 5.32 Å². The van der Waals surface area contributed by atoms with Gasteiger partial charge in [0, 0.05) is 22.2 Å². The van der Waals surface area contributed by atoms with Crippen molar-refractivity contribution in [2.45, 2.75) is 37.9 Å². The molecule has 0 bridgehead atoms. The second-order valence-electron chi connectivity index (χ2n) is 6.20. The van der Waals surface area contributed by atoms with Gasteiger partial charge in [-0.3, -0.25) is 4.79 Å². The van der Waals surface area contributed by atoms with Crippen LogP contribution in [0.2, 0.25) is 5.02 Å². The molecule has 1 fully saturated rings. The Morgan fingerprint density at radius 2 is 1.74 bits per heavy atom. The number of amides is 1. The molecule has 1 aliphatic carbocycles. The average Bonchev–Trinajstić information content (AvgIpc) is 3.37. The number of rotatable bonds is 6. The minimum atomic E-state index is -0.234. The van der Waals surface area contributed by atoms with Crippen LogP contribution in [0.1, 0.15) is 43.0 Å². The molecule has 23 heavy (non-hydrogen) atoms. The molecule has 0 radical (unpaired) electrons. The fourth-order valence-electron chi connectivity index (χ4n) is 2.70. The lowest BCUT2D eigenvalue weighted by Gasteiger charge is -2.20.